The van der Waals surface area contributed by atoms with Crippen molar-refractivity contribution >= 4 is 5.97 Å². The van der Waals surface area contributed by atoms with Gasteiger partial charge in [0.15, 0.2) is 0 Å². The van der Waals surface area contributed by atoms with Crippen molar-refractivity contribution in [3.05, 3.63) is 0 Å². The number of hydrogen-bond donors (Lipinski definition) is 0. The molecule has 1 atom stereocenters. The van der Waals surface area contributed by atoms with Crippen molar-refractivity contribution < 1.29 is 28.5 Å². The van der Waals surface area contributed by atoms with Gasteiger partial charge in [0, 0.05) is 19.6 Å². The molecule has 0 aromatic heterocycles. The second-order valence-electron chi connectivity index (χ2n) is 7.36. The molecule has 0 aliphatic rings. The summed E-state index contributed by atoms with van der Waals surface area (Å²) in [6.45, 7) is 12.0. The molecule has 0 radical (unpaired) electrons. The highest BCUT2D eigenvalue weighted by atomic mass is 16.6. The van der Waals surface area contributed by atoms with Gasteiger partial charge in [-0.2, -0.15) is 0 Å². The molecule has 0 rings (SSSR count). The van der Waals surface area contributed by atoms with Crippen LogP contribution in [0.15, 0.2) is 0 Å². The van der Waals surface area contributed by atoms with Crippen LogP contribution >= 0.6 is 0 Å². The van der Waals surface area contributed by atoms with Crippen LogP contribution in [0.3, 0.4) is 0 Å². The van der Waals surface area contributed by atoms with Gasteiger partial charge in [-0.3, -0.25) is 4.79 Å². The topological polar surface area (TPSA) is 63.2 Å². The van der Waals surface area contributed by atoms with Crippen LogP contribution in [0.25, 0.3) is 0 Å². The van der Waals surface area contributed by atoms with Gasteiger partial charge in [0.05, 0.1) is 46.2 Å². The van der Waals surface area contributed by atoms with E-state index < -0.39 is 0 Å². The number of esters is 1. The van der Waals surface area contributed by atoms with E-state index in [1.807, 2.05) is 0 Å². The predicted molar refractivity (Wildman–Crippen MR) is 116 cm³/mol. The van der Waals surface area contributed by atoms with Crippen molar-refractivity contribution in [2.24, 2.45) is 5.92 Å². The summed E-state index contributed by atoms with van der Waals surface area (Å²) in [5, 5.41) is 0. The molecule has 0 N–H and O–H groups in total. The van der Waals surface area contributed by atoms with Gasteiger partial charge in [0.25, 0.3) is 0 Å². The highest BCUT2D eigenvalue weighted by Gasteiger charge is 2.05. The van der Waals surface area contributed by atoms with E-state index in [2.05, 4.69) is 20.8 Å². The molecule has 0 aliphatic carbocycles. The smallest absolute Gasteiger partial charge is 0.305 e. The van der Waals surface area contributed by atoms with Gasteiger partial charge in [0.2, 0.25) is 0 Å². The molecule has 6 heteroatoms. The average Bonchev–Trinajstić information content (AvgIpc) is 2.73. The number of hydrogen-bond acceptors (Lipinski definition) is 6. The monoisotopic (exact) mass is 418 g/mol. The highest BCUT2D eigenvalue weighted by Crippen LogP contribution is 2.12. The molecule has 29 heavy (non-hydrogen) atoms. The summed E-state index contributed by atoms with van der Waals surface area (Å²) in [6.07, 6.45) is 9.26. The first kappa shape index (κ1) is 28.3. The lowest BCUT2D eigenvalue weighted by Crippen LogP contribution is -2.14. The van der Waals surface area contributed by atoms with Crippen LogP contribution in [0, 0.1) is 5.92 Å². The van der Waals surface area contributed by atoms with Gasteiger partial charge in [-0.25, -0.2) is 0 Å². The van der Waals surface area contributed by atoms with E-state index >= 15 is 0 Å². The Morgan fingerprint density at radius 2 is 1.24 bits per heavy atom. The Morgan fingerprint density at radius 1 is 0.655 bits per heavy atom. The van der Waals surface area contributed by atoms with E-state index in [4.69, 9.17) is 23.7 Å². The van der Waals surface area contributed by atoms with Crippen LogP contribution in [0.1, 0.15) is 78.6 Å². The van der Waals surface area contributed by atoms with Gasteiger partial charge in [-0.05, 0) is 25.2 Å². The van der Waals surface area contributed by atoms with Crippen LogP contribution in [0.4, 0.5) is 0 Å². The van der Waals surface area contributed by atoms with Crippen molar-refractivity contribution in [2.75, 3.05) is 59.5 Å². The zero-order valence-electron chi connectivity index (χ0n) is 19.3. The molecule has 0 aromatic rings. The first-order valence-corrected chi connectivity index (χ1v) is 11.7. The molecule has 0 aromatic carbocycles. The Balaban J connectivity index is 3.21. The SMILES string of the molecule is CCCCCOC(=O)CCCOCCOCCOCCOCC(CC)CCCC. The van der Waals surface area contributed by atoms with E-state index in [-0.39, 0.29) is 5.97 Å². The van der Waals surface area contributed by atoms with Gasteiger partial charge >= 0.3 is 5.97 Å². The van der Waals surface area contributed by atoms with Gasteiger partial charge < -0.3 is 23.7 Å². The normalized spacial score (nSPS) is 12.2. The molecule has 174 valence electrons. The largest absolute Gasteiger partial charge is 0.466 e. The van der Waals surface area contributed by atoms with E-state index in [0.717, 1.165) is 25.9 Å². The van der Waals surface area contributed by atoms with Crippen molar-refractivity contribution in [3.8, 4) is 0 Å². The fourth-order valence-electron chi connectivity index (χ4n) is 2.74. The molecule has 0 saturated heterocycles. The van der Waals surface area contributed by atoms with E-state index in [9.17, 15) is 4.79 Å². The van der Waals surface area contributed by atoms with Crippen molar-refractivity contribution in [1.29, 1.82) is 0 Å². The first-order chi connectivity index (χ1) is 14.2. The molecular formula is C23H46O6. The number of carbonyl (C=O) groups excluding carboxylic acids is 1. The standard InChI is InChI=1S/C23H46O6/c1-4-7-9-14-29-23(24)12-10-13-25-15-16-26-17-18-27-19-20-28-21-22(6-3)11-8-5-2/h22H,4-21H2,1-3H3. The molecule has 0 fully saturated rings. The maximum absolute atomic E-state index is 11.5. The summed E-state index contributed by atoms with van der Waals surface area (Å²) >= 11 is 0. The minimum Gasteiger partial charge on any atom is -0.466 e. The first-order valence-electron chi connectivity index (χ1n) is 11.7. The number of rotatable bonds is 23. The maximum Gasteiger partial charge on any atom is 0.305 e. The Kier molecular flexibility index (Phi) is 23.0. The second kappa shape index (κ2) is 23.6. The third-order valence-electron chi connectivity index (χ3n) is 4.69. The zero-order valence-corrected chi connectivity index (χ0v) is 19.3. The summed E-state index contributed by atoms with van der Waals surface area (Å²) in [5.41, 5.74) is 0. The molecule has 0 saturated carbocycles. The van der Waals surface area contributed by atoms with E-state index in [0.29, 0.717) is 71.6 Å². The molecule has 0 heterocycles. The van der Waals surface area contributed by atoms with Crippen molar-refractivity contribution in [2.45, 2.75) is 78.6 Å². The minimum absolute atomic E-state index is 0.131. The minimum atomic E-state index is -0.131. The predicted octanol–water partition coefficient (Wildman–Crippen LogP) is 4.78. The number of ether oxygens (including phenoxy) is 5. The Morgan fingerprint density at radius 3 is 1.83 bits per heavy atom. The van der Waals surface area contributed by atoms with Crippen LogP contribution in [0.2, 0.25) is 0 Å². The zero-order chi connectivity index (χ0) is 21.4. The fourth-order valence-corrected chi connectivity index (χ4v) is 2.74. The third-order valence-corrected chi connectivity index (χ3v) is 4.69. The van der Waals surface area contributed by atoms with Crippen molar-refractivity contribution in [3.63, 3.8) is 0 Å². The molecular weight excluding hydrogens is 372 g/mol. The summed E-state index contributed by atoms with van der Waals surface area (Å²) in [4.78, 5) is 11.5. The maximum atomic E-state index is 11.5. The second-order valence-corrected chi connectivity index (χ2v) is 7.36. The molecule has 0 spiro atoms. The lowest BCUT2D eigenvalue weighted by atomic mass is 10.0. The van der Waals surface area contributed by atoms with E-state index in [1.54, 1.807) is 0 Å². The molecule has 1 unspecified atom stereocenters. The molecule has 0 bridgehead atoms. The lowest BCUT2D eigenvalue weighted by Gasteiger charge is -2.14. The lowest BCUT2D eigenvalue weighted by molar-refractivity contribution is -0.144. The van der Waals surface area contributed by atoms with Gasteiger partial charge in [-0.15, -0.1) is 0 Å². The quantitative estimate of drug-likeness (QED) is 0.176. The van der Waals surface area contributed by atoms with Gasteiger partial charge in [0.1, 0.15) is 0 Å². The Hall–Kier alpha value is -0.690. The number of carbonyl (C=O) groups is 1. The van der Waals surface area contributed by atoms with Gasteiger partial charge in [-0.1, -0.05) is 52.9 Å². The van der Waals surface area contributed by atoms with Crippen LogP contribution in [-0.4, -0.2) is 65.4 Å². The van der Waals surface area contributed by atoms with Crippen LogP contribution in [0.5, 0.6) is 0 Å². The summed E-state index contributed by atoms with van der Waals surface area (Å²) in [5.74, 6) is 0.544. The summed E-state index contributed by atoms with van der Waals surface area (Å²) in [7, 11) is 0. The average molecular weight is 419 g/mol. The van der Waals surface area contributed by atoms with Crippen LogP contribution < -0.4 is 0 Å². The molecule has 6 nitrogen and oxygen atoms in total. The fraction of sp³-hybridized carbons (Fsp3) is 0.957. The Bertz CT molecular complexity index is 337. The van der Waals surface area contributed by atoms with Crippen LogP contribution in [-0.2, 0) is 28.5 Å². The molecule has 0 aliphatic heterocycles. The highest BCUT2D eigenvalue weighted by molar-refractivity contribution is 5.69. The van der Waals surface area contributed by atoms with Crippen molar-refractivity contribution in [1.82, 2.24) is 0 Å². The molecule has 0 amide bonds. The Labute approximate surface area is 178 Å². The third kappa shape index (κ3) is 21.8. The summed E-state index contributed by atoms with van der Waals surface area (Å²) in [6, 6.07) is 0. The number of unbranched alkanes of at least 4 members (excludes halogenated alkanes) is 3. The summed E-state index contributed by atoms with van der Waals surface area (Å²) < 4.78 is 27.3. The van der Waals surface area contributed by atoms with E-state index in [1.165, 1.54) is 25.7 Å².